The zero-order valence-corrected chi connectivity index (χ0v) is 12.5. The molecule has 1 aliphatic rings. The molecule has 0 bridgehead atoms. The SMILES string of the molecule is CCN1CCN(C[C@@H](O)COC(C)(C)CC)CC1. The van der Waals surface area contributed by atoms with Crippen LogP contribution in [0, 0.1) is 0 Å². The summed E-state index contributed by atoms with van der Waals surface area (Å²) < 4.78 is 5.74. The second-order valence-electron chi connectivity index (χ2n) is 5.81. The Morgan fingerprint density at radius 3 is 2.17 bits per heavy atom. The molecule has 0 aromatic rings. The van der Waals surface area contributed by atoms with E-state index in [0.717, 1.165) is 45.7 Å². The Morgan fingerprint density at radius 1 is 1.11 bits per heavy atom. The van der Waals surface area contributed by atoms with Gasteiger partial charge in [0, 0.05) is 32.7 Å². The first kappa shape index (κ1) is 15.9. The molecule has 0 aliphatic carbocycles. The summed E-state index contributed by atoms with van der Waals surface area (Å²) in [6.07, 6.45) is 0.596. The Bertz CT molecular complexity index is 226. The largest absolute Gasteiger partial charge is 0.389 e. The maximum absolute atomic E-state index is 10.0. The van der Waals surface area contributed by atoms with Gasteiger partial charge in [0.1, 0.15) is 0 Å². The second-order valence-corrected chi connectivity index (χ2v) is 5.81. The monoisotopic (exact) mass is 258 g/mol. The molecule has 0 aromatic heterocycles. The predicted molar refractivity (Wildman–Crippen MR) is 74.9 cm³/mol. The first-order valence-corrected chi connectivity index (χ1v) is 7.23. The molecule has 1 heterocycles. The van der Waals surface area contributed by atoms with Crippen LogP contribution in [-0.2, 0) is 4.74 Å². The number of ether oxygens (including phenoxy) is 1. The van der Waals surface area contributed by atoms with E-state index in [-0.39, 0.29) is 11.7 Å². The van der Waals surface area contributed by atoms with E-state index in [2.05, 4.69) is 37.5 Å². The number of nitrogens with zero attached hydrogens (tertiary/aromatic N) is 2. The first-order valence-electron chi connectivity index (χ1n) is 7.23. The highest BCUT2D eigenvalue weighted by atomic mass is 16.5. The fourth-order valence-electron chi connectivity index (χ4n) is 2.06. The lowest BCUT2D eigenvalue weighted by Gasteiger charge is -2.35. The summed E-state index contributed by atoms with van der Waals surface area (Å²) >= 11 is 0. The highest BCUT2D eigenvalue weighted by molar-refractivity contribution is 4.74. The lowest BCUT2D eigenvalue weighted by molar-refractivity contribution is -0.0691. The van der Waals surface area contributed by atoms with Gasteiger partial charge in [-0.1, -0.05) is 13.8 Å². The van der Waals surface area contributed by atoms with E-state index in [0.29, 0.717) is 6.61 Å². The van der Waals surface area contributed by atoms with Crippen molar-refractivity contribution in [1.29, 1.82) is 0 Å². The number of aliphatic hydroxyl groups excluding tert-OH is 1. The highest BCUT2D eigenvalue weighted by Crippen LogP contribution is 2.14. The van der Waals surface area contributed by atoms with Gasteiger partial charge in [0.15, 0.2) is 0 Å². The predicted octanol–water partition coefficient (Wildman–Crippen LogP) is 1.19. The lowest BCUT2D eigenvalue weighted by Crippen LogP contribution is -2.49. The van der Waals surface area contributed by atoms with Crippen LogP contribution in [0.2, 0.25) is 0 Å². The summed E-state index contributed by atoms with van der Waals surface area (Å²) in [6.45, 7) is 15.1. The molecule has 0 unspecified atom stereocenters. The van der Waals surface area contributed by atoms with Crippen molar-refractivity contribution in [2.45, 2.75) is 45.8 Å². The molecule has 0 spiro atoms. The molecule has 0 aromatic carbocycles. The van der Waals surface area contributed by atoms with Crippen LogP contribution in [0.3, 0.4) is 0 Å². The van der Waals surface area contributed by atoms with Gasteiger partial charge in [0.25, 0.3) is 0 Å². The Morgan fingerprint density at radius 2 is 1.67 bits per heavy atom. The van der Waals surface area contributed by atoms with Crippen LogP contribution < -0.4 is 0 Å². The van der Waals surface area contributed by atoms with E-state index in [1.165, 1.54) is 0 Å². The molecule has 1 atom stereocenters. The normalized spacial score (nSPS) is 21.2. The Kier molecular flexibility index (Phi) is 6.57. The van der Waals surface area contributed by atoms with Gasteiger partial charge in [-0.15, -0.1) is 0 Å². The van der Waals surface area contributed by atoms with Gasteiger partial charge in [-0.3, -0.25) is 4.90 Å². The second kappa shape index (κ2) is 7.43. The molecule has 0 radical (unpaired) electrons. The van der Waals surface area contributed by atoms with Crippen molar-refractivity contribution in [2.75, 3.05) is 45.9 Å². The average Bonchev–Trinajstić information content (AvgIpc) is 2.37. The fraction of sp³-hybridized carbons (Fsp3) is 1.00. The number of rotatable bonds is 7. The molecule has 1 rings (SSSR count). The van der Waals surface area contributed by atoms with Gasteiger partial charge < -0.3 is 14.7 Å². The molecule has 4 nitrogen and oxygen atoms in total. The van der Waals surface area contributed by atoms with Crippen LogP contribution in [0.25, 0.3) is 0 Å². The Balaban J connectivity index is 2.19. The Hall–Kier alpha value is -0.160. The number of hydrogen-bond acceptors (Lipinski definition) is 4. The molecule has 18 heavy (non-hydrogen) atoms. The number of β-amino-alcohol motifs (C(OH)–C–C–N with tert-alkyl or cyclic N) is 1. The van der Waals surface area contributed by atoms with Crippen molar-refractivity contribution < 1.29 is 9.84 Å². The third-order valence-corrected chi connectivity index (χ3v) is 3.90. The molecule has 1 fully saturated rings. The van der Waals surface area contributed by atoms with Crippen molar-refractivity contribution >= 4 is 0 Å². The van der Waals surface area contributed by atoms with Crippen LogP contribution in [0.4, 0.5) is 0 Å². The van der Waals surface area contributed by atoms with Gasteiger partial charge >= 0.3 is 0 Å². The summed E-state index contributed by atoms with van der Waals surface area (Å²) in [5.41, 5.74) is -0.123. The maximum Gasteiger partial charge on any atom is 0.0900 e. The molecular weight excluding hydrogens is 228 g/mol. The topological polar surface area (TPSA) is 35.9 Å². The number of piperazine rings is 1. The van der Waals surface area contributed by atoms with Crippen molar-refractivity contribution in [3.63, 3.8) is 0 Å². The minimum Gasteiger partial charge on any atom is -0.389 e. The summed E-state index contributed by atoms with van der Waals surface area (Å²) in [5.74, 6) is 0. The van der Waals surface area contributed by atoms with Crippen LogP contribution in [-0.4, -0.2) is 72.5 Å². The minimum absolute atomic E-state index is 0.123. The summed E-state index contributed by atoms with van der Waals surface area (Å²) in [7, 11) is 0. The van der Waals surface area contributed by atoms with Crippen LogP contribution in [0.1, 0.15) is 34.1 Å². The fourth-order valence-corrected chi connectivity index (χ4v) is 2.06. The molecule has 108 valence electrons. The third-order valence-electron chi connectivity index (χ3n) is 3.90. The number of aliphatic hydroxyl groups is 1. The van der Waals surface area contributed by atoms with Crippen LogP contribution >= 0.6 is 0 Å². The van der Waals surface area contributed by atoms with Gasteiger partial charge in [0.2, 0.25) is 0 Å². The average molecular weight is 258 g/mol. The van der Waals surface area contributed by atoms with Crippen molar-refractivity contribution in [3.8, 4) is 0 Å². The van der Waals surface area contributed by atoms with Crippen molar-refractivity contribution in [3.05, 3.63) is 0 Å². The van der Waals surface area contributed by atoms with E-state index < -0.39 is 0 Å². The van der Waals surface area contributed by atoms with Crippen molar-refractivity contribution in [1.82, 2.24) is 9.80 Å². The molecule has 4 heteroatoms. The maximum atomic E-state index is 10.0. The van der Waals surface area contributed by atoms with Crippen molar-refractivity contribution in [2.24, 2.45) is 0 Å². The third kappa shape index (κ3) is 5.65. The zero-order chi connectivity index (χ0) is 13.6. The standard InChI is InChI=1S/C14H30N2O2/c1-5-14(3,4)18-12-13(17)11-16-9-7-15(6-2)8-10-16/h13,17H,5-12H2,1-4H3/t13-/m1/s1. The van der Waals surface area contributed by atoms with Crippen LogP contribution in [0.15, 0.2) is 0 Å². The van der Waals surface area contributed by atoms with E-state index in [9.17, 15) is 5.11 Å². The molecule has 1 saturated heterocycles. The lowest BCUT2D eigenvalue weighted by atomic mass is 10.1. The van der Waals surface area contributed by atoms with Gasteiger partial charge in [0.05, 0.1) is 18.3 Å². The quantitative estimate of drug-likeness (QED) is 0.744. The van der Waals surface area contributed by atoms with Gasteiger partial charge in [-0.05, 0) is 26.8 Å². The number of likely N-dealkylation sites (N-methyl/N-ethyl adjacent to an activating group) is 1. The van der Waals surface area contributed by atoms with E-state index in [1.54, 1.807) is 0 Å². The summed E-state index contributed by atoms with van der Waals surface area (Å²) in [5, 5.41) is 10.0. The van der Waals surface area contributed by atoms with E-state index in [1.807, 2.05) is 0 Å². The highest BCUT2D eigenvalue weighted by Gasteiger charge is 2.21. The molecule has 0 amide bonds. The molecule has 1 N–H and O–H groups in total. The smallest absolute Gasteiger partial charge is 0.0900 e. The van der Waals surface area contributed by atoms with Crippen LogP contribution in [0.5, 0.6) is 0 Å². The molecule has 1 aliphatic heterocycles. The summed E-state index contributed by atoms with van der Waals surface area (Å²) in [4.78, 5) is 4.78. The summed E-state index contributed by atoms with van der Waals surface area (Å²) in [6, 6.07) is 0. The first-order chi connectivity index (χ1) is 8.46. The zero-order valence-electron chi connectivity index (χ0n) is 12.5. The Labute approximate surface area is 112 Å². The number of hydrogen-bond donors (Lipinski definition) is 1. The molecule has 0 saturated carbocycles. The van der Waals surface area contributed by atoms with Gasteiger partial charge in [-0.25, -0.2) is 0 Å². The van der Waals surface area contributed by atoms with E-state index in [4.69, 9.17) is 4.74 Å². The molecular formula is C14H30N2O2. The van der Waals surface area contributed by atoms with E-state index >= 15 is 0 Å². The van der Waals surface area contributed by atoms with Gasteiger partial charge in [-0.2, -0.15) is 0 Å². The minimum atomic E-state index is -0.371.